The third kappa shape index (κ3) is 4.30. The second-order valence-electron chi connectivity index (χ2n) is 7.47. The van der Waals surface area contributed by atoms with Crippen molar-refractivity contribution in [3.8, 4) is 0 Å². The van der Waals surface area contributed by atoms with Crippen LogP contribution in [-0.2, 0) is 4.79 Å². The molecule has 7 heteroatoms. The number of anilines is 2. The molecular formula is C20H27N5OS. The van der Waals surface area contributed by atoms with Crippen molar-refractivity contribution < 1.29 is 4.79 Å². The molecule has 1 aromatic carbocycles. The number of benzene rings is 1. The maximum absolute atomic E-state index is 12.5. The van der Waals surface area contributed by atoms with Gasteiger partial charge in [0.15, 0.2) is 0 Å². The summed E-state index contributed by atoms with van der Waals surface area (Å²) in [7, 11) is 0. The van der Waals surface area contributed by atoms with Crippen LogP contribution in [0.4, 0.5) is 10.3 Å². The van der Waals surface area contributed by atoms with E-state index < -0.39 is 0 Å². The number of nitrogens with one attached hydrogen (secondary N) is 1. The normalized spacial score (nSPS) is 20.0. The zero-order chi connectivity index (χ0) is 18.6. The van der Waals surface area contributed by atoms with Crippen LogP contribution in [0.25, 0.3) is 0 Å². The van der Waals surface area contributed by atoms with Crippen molar-refractivity contribution in [2.75, 3.05) is 36.4 Å². The van der Waals surface area contributed by atoms with Gasteiger partial charge in [0.2, 0.25) is 16.2 Å². The van der Waals surface area contributed by atoms with Crippen molar-refractivity contribution in [2.24, 2.45) is 0 Å². The Kier molecular flexibility index (Phi) is 5.69. The molecule has 27 heavy (non-hydrogen) atoms. The molecule has 1 aromatic heterocycles. The lowest BCUT2D eigenvalue weighted by molar-refractivity contribution is -0.117. The van der Waals surface area contributed by atoms with Gasteiger partial charge < -0.3 is 4.90 Å². The monoisotopic (exact) mass is 385 g/mol. The van der Waals surface area contributed by atoms with Crippen molar-refractivity contribution in [1.82, 2.24) is 15.1 Å². The lowest BCUT2D eigenvalue weighted by atomic mass is 10.0. The Morgan fingerprint density at radius 1 is 1.11 bits per heavy atom. The van der Waals surface area contributed by atoms with Crippen LogP contribution in [0.15, 0.2) is 30.3 Å². The van der Waals surface area contributed by atoms with E-state index in [1.54, 1.807) is 0 Å². The van der Waals surface area contributed by atoms with E-state index in [0.717, 1.165) is 42.9 Å². The predicted octanol–water partition coefficient (Wildman–Crippen LogP) is 3.34. The van der Waals surface area contributed by atoms with Gasteiger partial charge in [-0.05, 0) is 25.3 Å². The Morgan fingerprint density at radius 3 is 2.52 bits per heavy atom. The molecule has 0 spiro atoms. The van der Waals surface area contributed by atoms with E-state index in [-0.39, 0.29) is 11.8 Å². The average molecular weight is 386 g/mol. The fourth-order valence-corrected chi connectivity index (χ4v) is 4.85. The van der Waals surface area contributed by atoms with E-state index in [2.05, 4.69) is 25.3 Å². The number of nitrogens with zero attached hydrogens (tertiary/aromatic N) is 4. The molecule has 2 aromatic rings. The van der Waals surface area contributed by atoms with Crippen molar-refractivity contribution in [3.05, 3.63) is 35.9 Å². The van der Waals surface area contributed by atoms with E-state index in [9.17, 15) is 4.79 Å². The standard InChI is InChI=1S/C20H27N5OS/c1-15(16-7-3-2-4-8-16)18(26)21-19-22-23-20(27-19)25-13-11-24(12-14-25)17-9-5-6-10-17/h2-4,7-8,15,17H,5-6,9-14H2,1H3,(H,21,22,26). The lowest BCUT2D eigenvalue weighted by Crippen LogP contribution is -2.49. The summed E-state index contributed by atoms with van der Waals surface area (Å²) in [5.74, 6) is -0.261. The quantitative estimate of drug-likeness (QED) is 0.855. The molecule has 6 nitrogen and oxygen atoms in total. The van der Waals surface area contributed by atoms with Crippen LogP contribution in [0.1, 0.15) is 44.1 Å². The molecule has 1 saturated heterocycles. The molecule has 1 aliphatic carbocycles. The Morgan fingerprint density at radius 2 is 1.81 bits per heavy atom. The van der Waals surface area contributed by atoms with Crippen LogP contribution in [0.5, 0.6) is 0 Å². The highest BCUT2D eigenvalue weighted by atomic mass is 32.1. The van der Waals surface area contributed by atoms with Gasteiger partial charge in [-0.15, -0.1) is 10.2 Å². The SMILES string of the molecule is CC(C(=O)Nc1nnc(N2CCN(C3CCCC3)CC2)s1)c1ccccc1. The molecule has 1 atom stereocenters. The minimum atomic E-state index is -0.214. The molecule has 1 amide bonds. The van der Waals surface area contributed by atoms with Crippen LogP contribution in [-0.4, -0.2) is 53.2 Å². The summed E-state index contributed by atoms with van der Waals surface area (Å²) in [4.78, 5) is 17.4. The van der Waals surface area contributed by atoms with Crippen molar-refractivity contribution >= 4 is 27.5 Å². The first-order chi connectivity index (χ1) is 13.2. The molecule has 1 N–H and O–H groups in total. The van der Waals surface area contributed by atoms with Crippen LogP contribution in [0.3, 0.4) is 0 Å². The summed E-state index contributed by atoms with van der Waals surface area (Å²) in [5.41, 5.74) is 1.00. The lowest BCUT2D eigenvalue weighted by Gasteiger charge is -2.37. The number of carbonyl (C=O) groups is 1. The molecule has 0 radical (unpaired) electrons. The average Bonchev–Trinajstić information content (AvgIpc) is 3.40. The maximum atomic E-state index is 12.5. The van der Waals surface area contributed by atoms with Crippen LogP contribution in [0, 0.1) is 0 Å². The first-order valence-corrected chi connectivity index (χ1v) is 10.7. The van der Waals surface area contributed by atoms with Crippen LogP contribution in [0.2, 0.25) is 0 Å². The third-order valence-corrected chi connectivity index (χ3v) is 6.66. The van der Waals surface area contributed by atoms with Crippen LogP contribution >= 0.6 is 11.3 Å². The minimum absolute atomic E-state index is 0.0463. The third-order valence-electron chi connectivity index (χ3n) is 5.76. The molecule has 2 aliphatic rings. The Bertz CT molecular complexity index is 751. The van der Waals surface area contributed by atoms with Gasteiger partial charge in [-0.2, -0.15) is 0 Å². The number of hydrogen-bond donors (Lipinski definition) is 1. The van der Waals surface area contributed by atoms with Crippen molar-refractivity contribution in [2.45, 2.75) is 44.6 Å². The topological polar surface area (TPSA) is 61.4 Å². The van der Waals surface area contributed by atoms with Gasteiger partial charge in [-0.25, -0.2) is 0 Å². The largest absolute Gasteiger partial charge is 0.344 e. The van der Waals surface area contributed by atoms with Gasteiger partial charge in [-0.1, -0.05) is 54.5 Å². The number of rotatable bonds is 5. The highest BCUT2D eigenvalue weighted by Gasteiger charge is 2.27. The molecule has 2 heterocycles. The predicted molar refractivity (Wildman–Crippen MR) is 109 cm³/mol. The van der Waals surface area contributed by atoms with Gasteiger partial charge in [0, 0.05) is 32.2 Å². The summed E-state index contributed by atoms with van der Waals surface area (Å²) >= 11 is 1.47. The van der Waals surface area contributed by atoms with Gasteiger partial charge in [0.05, 0.1) is 5.92 Å². The van der Waals surface area contributed by atoms with E-state index in [0.29, 0.717) is 5.13 Å². The molecule has 1 saturated carbocycles. The van der Waals surface area contributed by atoms with Crippen LogP contribution < -0.4 is 10.2 Å². The molecular weight excluding hydrogens is 358 g/mol. The van der Waals surface area contributed by atoms with E-state index in [1.165, 1.54) is 37.0 Å². The molecule has 1 aliphatic heterocycles. The minimum Gasteiger partial charge on any atom is -0.344 e. The molecule has 2 fully saturated rings. The van der Waals surface area contributed by atoms with Gasteiger partial charge in [0.25, 0.3) is 0 Å². The van der Waals surface area contributed by atoms with Crippen molar-refractivity contribution in [1.29, 1.82) is 0 Å². The summed E-state index contributed by atoms with van der Waals surface area (Å²) in [5, 5.41) is 12.9. The van der Waals surface area contributed by atoms with E-state index in [4.69, 9.17) is 0 Å². The number of carbonyl (C=O) groups excluding carboxylic acids is 1. The number of piperazine rings is 1. The summed E-state index contributed by atoms with van der Waals surface area (Å²) in [6.45, 7) is 6.07. The molecule has 4 rings (SSSR count). The number of hydrogen-bond acceptors (Lipinski definition) is 6. The van der Waals surface area contributed by atoms with E-state index >= 15 is 0 Å². The zero-order valence-electron chi connectivity index (χ0n) is 15.8. The zero-order valence-corrected chi connectivity index (χ0v) is 16.6. The van der Waals surface area contributed by atoms with Crippen molar-refractivity contribution in [3.63, 3.8) is 0 Å². The second kappa shape index (κ2) is 8.35. The van der Waals surface area contributed by atoms with Gasteiger partial charge >= 0.3 is 0 Å². The van der Waals surface area contributed by atoms with Gasteiger partial charge in [-0.3, -0.25) is 15.0 Å². The second-order valence-corrected chi connectivity index (χ2v) is 8.43. The number of amides is 1. The fraction of sp³-hybridized carbons (Fsp3) is 0.550. The Balaban J connectivity index is 1.31. The number of aromatic nitrogens is 2. The molecule has 1 unspecified atom stereocenters. The first-order valence-electron chi connectivity index (χ1n) is 9.89. The molecule has 0 bridgehead atoms. The Hall–Kier alpha value is -1.99. The highest BCUT2D eigenvalue weighted by Crippen LogP contribution is 2.28. The first kappa shape index (κ1) is 18.4. The highest BCUT2D eigenvalue weighted by molar-refractivity contribution is 7.19. The molecule has 144 valence electrons. The summed E-state index contributed by atoms with van der Waals surface area (Å²) in [6.07, 6.45) is 5.47. The summed E-state index contributed by atoms with van der Waals surface area (Å²) in [6, 6.07) is 10.6. The van der Waals surface area contributed by atoms with Gasteiger partial charge in [0.1, 0.15) is 0 Å². The fourth-order valence-electron chi connectivity index (χ4n) is 4.05. The summed E-state index contributed by atoms with van der Waals surface area (Å²) < 4.78 is 0. The maximum Gasteiger partial charge on any atom is 0.233 e. The Labute approximate surface area is 164 Å². The smallest absolute Gasteiger partial charge is 0.233 e. The van der Waals surface area contributed by atoms with E-state index in [1.807, 2.05) is 37.3 Å².